The van der Waals surface area contributed by atoms with E-state index in [4.69, 9.17) is 14.4 Å². The molecule has 0 radical (unpaired) electrons. The number of hydrogen-bond acceptors (Lipinski definition) is 2. The maximum absolute atomic E-state index is 6.41. The SMILES string of the molecule is C=N/C(=N\C(=N/CC1=CCC(C)C=C1)c1ccccc1)c1cccc2oc3ccc(-c4cc5ccccc5c5c4C=CCC5)cc3c12. The van der Waals surface area contributed by atoms with Gasteiger partial charge in [-0.25, -0.2) is 9.98 Å². The van der Waals surface area contributed by atoms with Crippen molar-refractivity contribution in [3.05, 3.63) is 149 Å². The van der Waals surface area contributed by atoms with E-state index in [0.29, 0.717) is 24.1 Å². The highest BCUT2D eigenvalue weighted by Crippen LogP contribution is 2.40. The molecule has 0 saturated heterocycles. The zero-order chi connectivity index (χ0) is 31.7. The summed E-state index contributed by atoms with van der Waals surface area (Å²) in [6.07, 6.45) is 14.4. The van der Waals surface area contributed by atoms with Gasteiger partial charge in [0.2, 0.25) is 0 Å². The van der Waals surface area contributed by atoms with Crippen molar-refractivity contribution < 1.29 is 4.42 Å². The van der Waals surface area contributed by atoms with Gasteiger partial charge in [-0.3, -0.25) is 4.99 Å². The van der Waals surface area contributed by atoms with Crippen LogP contribution >= 0.6 is 0 Å². The number of allylic oxidation sites excluding steroid dienone is 3. The molecule has 4 heteroatoms. The normalized spacial score (nSPS) is 16.5. The lowest BCUT2D eigenvalue weighted by molar-refractivity contribution is 0.669. The van der Waals surface area contributed by atoms with Gasteiger partial charge in [0, 0.05) is 21.9 Å². The summed E-state index contributed by atoms with van der Waals surface area (Å²) in [5, 5.41) is 4.60. The van der Waals surface area contributed by atoms with Gasteiger partial charge in [-0.1, -0.05) is 110 Å². The Hall–Kier alpha value is -5.61. The smallest absolute Gasteiger partial charge is 0.161 e. The van der Waals surface area contributed by atoms with Crippen LogP contribution in [0.4, 0.5) is 0 Å². The van der Waals surface area contributed by atoms with Crippen LogP contribution < -0.4 is 0 Å². The molecule has 6 aromatic rings. The molecule has 1 atom stereocenters. The second kappa shape index (κ2) is 12.3. The van der Waals surface area contributed by atoms with Crippen LogP contribution in [0, 0.1) is 5.92 Å². The van der Waals surface area contributed by atoms with Gasteiger partial charge < -0.3 is 4.42 Å². The summed E-state index contributed by atoms with van der Waals surface area (Å²) in [5.41, 5.74) is 9.72. The molecule has 4 nitrogen and oxygen atoms in total. The van der Waals surface area contributed by atoms with Gasteiger partial charge in [0.05, 0.1) is 6.54 Å². The van der Waals surface area contributed by atoms with Crippen LogP contribution in [-0.2, 0) is 6.42 Å². The summed E-state index contributed by atoms with van der Waals surface area (Å²) >= 11 is 0. The summed E-state index contributed by atoms with van der Waals surface area (Å²) < 4.78 is 6.41. The third kappa shape index (κ3) is 5.46. The van der Waals surface area contributed by atoms with Crippen LogP contribution in [0.5, 0.6) is 0 Å². The van der Waals surface area contributed by atoms with Gasteiger partial charge in [0.25, 0.3) is 0 Å². The molecule has 1 aromatic heterocycles. The number of nitrogens with zero attached hydrogens (tertiary/aromatic N) is 3. The molecule has 0 aliphatic heterocycles. The predicted octanol–water partition coefficient (Wildman–Crippen LogP) is 10.8. The molecule has 2 aliphatic rings. The second-order valence-electron chi connectivity index (χ2n) is 12.4. The molecule has 0 amide bonds. The fourth-order valence-corrected chi connectivity index (χ4v) is 6.86. The summed E-state index contributed by atoms with van der Waals surface area (Å²) in [4.78, 5) is 14.6. The highest BCUT2D eigenvalue weighted by Gasteiger charge is 2.19. The van der Waals surface area contributed by atoms with Crippen molar-refractivity contribution in [3.8, 4) is 11.1 Å². The standard InChI is InChI=1S/C43H35N3O/c1-28-19-21-29(22-20-28)27-45-42(30-11-4-3-5-12-30)46-43(44-2)36-17-10-18-40-41(36)38-26-32(23-24-39(38)47-40)37-25-31-13-6-7-14-33(31)34-15-8-9-16-35(34)37/h3-7,9-14,16-19,21-26,28H,2,8,15,20,27H2,1H3/b45-42-,46-43-. The van der Waals surface area contributed by atoms with Gasteiger partial charge in [0.15, 0.2) is 11.7 Å². The molecule has 47 heavy (non-hydrogen) atoms. The topological polar surface area (TPSA) is 50.2 Å². The van der Waals surface area contributed by atoms with E-state index in [9.17, 15) is 0 Å². The number of amidine groups is 2. The first-order valence-electron chi connectivity index (χ1n) is 16.4. The molecular formula is C43H35N3O. The fraction of sp³-hybridized carbons (Fsp3) is 0.140. The van der Waals surface area contributed by atoms with Crippen molar-refractivity contribution in [1.29, 1.82) is 0 Å². The summed E-state index contributed by atoms with van der Waals surface area (Å²) in [7, 11) is 0. The first-order chi connectivity index (χ1) is 23.2. The summed E-state index contributed by atoms with van der Waals surface area (Å²) in [5.74, 6) is 1.69. The Bertz CT molecular complexity index is 2330. The van der Waals surface area contributed by atoms with E-state index in [0.717, 1.165) is 57.9 Å². The average Bonchev–Trinajstić information content (AvgIpc) is 3.51. The van der Waals surface area contributed by atoms with E-state index in [2.05, 4.69) is 104 Å². The quantitative estimate of drug-likeness (QED) is 0.142. The number of hydrogen-bond donors (Lipinski definition) is 0. The number of fused-ring (bicyclic) bond motifs is 6. The molecule has 0 spiro atoms. The number of aryl methyl sites for hydroxylation is 1. The van der Waals surface area contributed by atoms with Crippen molar-refractivity contribution >= 4 is 57.2 Å². The average molecular weight is 610 g/mol. The fourth-order valence-electron chi connectivity index (χ4n) is 6.86. The van der Waals surface area contributed by atoms with E-state index in [-0.39, 0.29) is 0 Å². The van der Waals surface area contributed by atoms with E-state index >= 15 is 0 Å². The summed E-state index contributed by atoms with van der Waals surface area (Å²) in [6.45, 7) is 6.74. The predicted molar refractivity (Wildman–Crippen MR) is 199 cm³/mol. The Morgan fingerprint density at radius 1 is 0.851 bits per heavy atom. The lowest BCUT2D eigenvalue weighted by Gasteiger charge is -2.18. The molecule has 1 unspecified atom stereocenters. The van der Waals surface area contributed by atoms with Crippen molar-refractivity contribution in [2.75, 3.05) is 6.54 Å². The van der Waals surface area contributed by atoms with Gasteiger partial charge in [-0.2, -0.15) is 0 Å². The zero-order valence-electron chi connectivity index (χ0n) is 26.5. The third-order valence-electron chi connectivity index (χ3n) is 9.29. The number of furan rings is 1. The highest BCUT2D eigenvalue weighted by atomic mass is 16.3. The molecule has 2 aliphatic carbocycles. The van der Waals surface area contributed by atoms with Gasteiger partial charge in [0.1, 0.15) is 11.2 Å². The van der Waals surface area contributed by atoms with Crippen LogP contribution in [0.1, 0.15) is 42.0 Å². The van der Waals surface area contributed by atoms with Crippen molar-refractivity contribution in [2.24, 2.45) is 20.9 Å². The van der Waals surface area contributed by atoms with E-state index in [1.54, 1.807) is 0 Å². The van der Waals surface area contributed by atoms with Crippen LogP contribution in [0.2, 0.25) is 0 Å². The largest absolute Gasteiger partial charge is 0.456 e. The van der Waals surface area contributed by atoms with Crippen LogP contribution in [-0.4, -0.2) is 24.9 Å². The second-order valence-corrected chi connectivity index (χ2v) is 12.4. The molecule has 5 aromatic carbocycles. The van der Waals surface area contributed by atoms with Crippen molar-refractivity contribution in [2.45, 2.75) is 26.2 Å². The Morgan fingerprint density at radius 2 is 1.72 bits per heavy atom. The van der Waals surface area contributed by atoms with Gasteiger partial charge in [-0.15, -0.1) is 0 Å². The number of rotatable bonds is 5. The minimum atomic E-state index is 0.513. The van der Waals surface area contributed by atoms with Crippen LogP contribution in [0.15, 0.2) is 146 Å². The molecule has 0 fully saturated rings. The van der Waals surface area contributed by atoms with E-state index in [1.165, 1.54) is 33.0 Å². The minimum Gasteiger partial charge on any atom is -0.456 e. The lowest BCUT2D eigenvalue weighted by atomic mass is 9.85. The van der Waals surface area contributed by atoms with E-state index in [1.807, 2.05) is 42.5 Å². The highest BCUT2D eigenvalue weighted by molar-refractivity contribution is 6.22. The Labute approximate surface area is 274 Å². The Balaban J connectivity index is 1.28. The van der Waals surface area contributed by atoms with Crippen molar-refractivity contribution in [3.63, 3.8) is 0 Å². The first kappa shape index (κ1) is 28.8. The monoisotopic (exact) mass is 609 g/mol. The number of aliphatic imine (C=N–C) groups is 3. The van der Waals surface area contributed by atoms with Crippen LogP contribution in [0.3, 0.4) is 0 Å². The molecule has 0 N–H and O–H groups in total. The third-order valence-corrected chi connectivity index (χ3v) is 9.29. The molecule has 8 rings (SSSR count). The lowest BCUT2D eigenvalue weighted by Crippen LogP contribution is -2.07. The minimum absolute atomic E-state index is 0.513. The van der Waals surface area contributed by atoms with Crippen LogP contribution in [0.25, 0.3) is 49.9 Å². The Kier molecular flexibility index (Phi) is 7.54. The van der Waals surface area contributed by atoms with Gasteiger partial charge >= 0.3 is 0 Å². The summed E-state index contributed by atoms with van der Waals surface area (Å²) in [6, 6.07) is 33.7. The number of benzene rings is 5. The maximum atomic E-state index is 6.41. The molecule has 0 bridgehead atoms. The molecule has 0 saturated carbocycles. The van der Waals surface area contributed by atoms with Gasteiger partial charge in [-0.05, 0) is 94.8 Å². The molecular weight excluding hydrogens is 574 g/mol. The van der Waals surface area contributed by atoms with E-state index < -0.39 is 0 Å². The maximum Gasteiger partial charge on any atom is 0.161 e. The molecule has 1 heterocycles. The first-order valence-corrected chi connectivity index (χ1v) is 16.4. The van der Waals surface area contributed by atoms with Crippen molar-refractivity contribution in [1.82, 2.24) is 0 Å². The zero-order valence-corrected chi connectivity index (χ0v) is 26.5. The molecule has 228 valence electrons. The Morgan fingerprint density at radius 3 is 2.57 bits per heavy atom.